The molecule has 2 N–H and O–H groups in total. The molecule has 0 aliphatic carbocycles. The zero-order valence-corrected chi connectivity index (χ0v) is 13.3. The van der Waals surface area contributed by atoms with Crippen LogP contribution in [0.4, 0.5) is 0 Å². The maximum atomic E-state index is 6.00. The largest absolute Gasteiger partial charge is 0.517 e. The molecule has 0 aromatic rings. The summed E-state index contributed by atoms with van der Waals surface area (Å²) in [6.07, 6.45) is 2.01. The van der Waals surface area contributed by atoms with Gasteiger partial charge in [-0.1, -0.05) is 41.5 Å². The van der Waals surface area contributed by atoms with Crippen LogP contribution in [0.1, 0.15) is 54.4 Å². The van der Waals surface area contributed by atoms with Crippen molar-refractivity contribution >= 4 is 8.88 Å². The Bertz CT molecular complexity index is 169. The lowest BCUT2D eigenvalue weighted by Crippen LogP contribution is -2.70. The van der Waals surface area contributed by atoms with Gasteiger partial charge in [-0.3, -0.25) is 9.96 Å². The van der Waals surface area contributed by atoms with Crippen molar-refractivity contribution in [2.75, 3.05) is 13.2 Å². The Labute approximate surface area is 108 Å². The Kier molecular flexibility index (Phi) is 9.08. The fourth-order valence-electron chi connectivity index (χ4n) is 1.50. The van der Waals surface area contributed by atoms with Crippen LogP contribution in [0.2, 0.25) is 0 Å². The zero-order valence-electron chi connectivity index (χ0n) is 12.3. The summed E-state index contributed by atoms with van der Waals surface area (Å²) >= 11 is 0. The molecule has 0 bridgehead atoms. The molecule has 0 spiro atoms. The van der Waals surface area contributed by atoms with Gasteiger partial charge in [0.1, 0.15) is 0 Å². The topological polar surface area (TPSA) is 42.5 Å². The van der Waals surface area contributed by atoms with E-state index in [9.17, 15) is 0 Å². The highest BCUT2D eigenvalue weighted by Crippen LogP contribution is 2.05. The molecule has 0 saturated heterocycles. The normalized spacial score (nSPS) is 12.7. The minimum absolute atomic E-state index is 0.349. The molecule has 0 rings (SSSR count). The Morgan fingerprint density at radius 1 is 0.824 bits per heavy atom. The summed E-state index contributed by atoms with van der Waals surface area (Å²) < 4.78 is 12.0. The molecule has 104 valence electrons. The van der Waals surface area contributed by atoms with Gasteiger partial charge in [-0.25, -0.2) is 0 Å². The predicted molar refractivity (Wildman–Crippen MR) is 74.8 cm³/mol. The highest BCUT2D eigenvalue weighted by Gasteiger charge is 2.40. The minimum atomic E-state index is -2.46. The van der Waals surface area contributed by atoms with Gasteiger partial charge in [-0.15, -0.1) is 0 Å². The lowest BCUT2D eigenvalue weighted by Gasteiger charge is -2.34. The van der Waals surface area contributed by atoms with Crippen LogP contribution >= 0.6 is 0 Å². The molecule has 0 aliphatic rings. The molecule has 0 atom stereocenters. The zero-order chi connectivity index (χ0) is 13.3. The maximum Gasteiger partial charge on any atom is 0.517 e. The molecule has 0 amide bonds. The molecule has 0 aliphatic heterocycles. The number of nitrogens with one attached hydrogen (secondary N) is 2. The van der Waals surface area contributed by atoms with Gasteiger partial charge >= 0.3 is 8.88 Å². The average molecular weight is 262 g/mol. The second-order valence-electron chi connectivity index (χ2n) is 4.91. The first-order chi connectivity index (χ1) is 7.95. The van der Waals surface area contributed by atoms with Crippen molar-refractivity contribution in [1.82, 2.24) is 9.96 Å². The van der Waals surface area contributed by atoms with Gasteiger partial charge in [-0.2, -0.15) is 0 Å². The van der Waals surface area contributed by atoms with Crippen molar-refractivity contribution in [1.29, 1.82) is 0 Å². The van der Waals surface area contributed by atoms with E-state index in [0.29, 0.717) is 12.1 Å². The first kappa shape index (κ1) is 17.1. The summed E-state index contributed by atoms with van der Waals surface area (Å²) in [5.74, 6) is 0. The Morgan fingerprint density at radius 2 is 1.18 bits per heavy atom. The van der Waals surface area contributed by atoms with Gasteiger partial charge in [-0.05, 0) is 12.8 Å². The molecule has 5 heteroatoms. The van der Waals surface area contributed by atoms with E-state index < -0.39 is 8.88 Å². The van der Waals surface area contributed by atoms with Gasteiger partial charge in [0.05, 0.1) is 0 Å². The first-order valence-electron chi connectivity index (χ1n) is 6.79. The molecule has 17 heavy (non-hydrogen) atoms. The van der Waals surface area contributed by atoms with Crippen molar-refractivity contribution in [2.24, 2.45) is 0 Å². The molecule has 0 aromatic carbocycles. The highest BCUT2D eigenvalue weighted by atomic mass is 28.4. The number of hydrogen-bond acceptors (Lipinski definition) is 4. The highest BCUT2D eigenvalue weighted by molar-refractivity contribution is 6.62. The van der Waals surface area contributed by atoms with Gasteiger partial charge in [0, 0.05) is 25.3 Å². The van der Waals surface area contributed by atoms with Crippen LogP contribution in [0.15, 0.2) is 0 Å². The Hall–Kier alpha value is 0.0569. The molecule has 0 radical (unpaired) electrons. The van der Waals surface area contributed by atoms with Crippen LogP contribution in [0.3, 0.4) is 0 Å². The third-order valence-corrected chi connectivity index (χ3v) is 5.11. The van der Waals surface area contributed by atoms with Crippen LogP contribution < -0.4 is 9.96 Å². The van der Waals surface area contributed by atoms with Crippen LogP contribution in [-0.2, 0) is 8.85 Å². The smallest absolute Gasteiger partial charge is 0.371 e. The van der Waals surface area contributed by atoms with E-state index in [1.807, 2.05) is 0 Å². The van der Waals surface area contributed by atoms with Crippen LogP contribution in [0.5, 0.6) is 0 Å². The lowest BCUT2D eigenvalue weighted by molar-refractivity contribution is 0.139. The summed E-state index contributed by atoms with van der Waals surface area (Å²) in [5, 5.41) is 0. The Balaban J connectivity index is 4.63. The maximum absolute atomic E-state index is 6.00. The van der Waals surface area contributed by atoms with E-state index in [0.717, 1.165) is 26.1 Å². The summed E-state index contributed by atoms with van der Waals surface area (Å²) in [6, 6.07) is 0.697. The average Bonchev–Trinajstić information content (AvgIpc) is 2.22. The first-order valence-corrected chi connectivity index (χ1v) is 8.60. The van der Waals surface area contributed by atoms with E-state index in [4.69, 9.17) is 8.85 Å². The van der Waals surface area contributed by atoms with Gasteiger partial charge in [0.15, 0.2) is 0 Å². The summed E-state index contributed by atoms with van der Waals surface area (Å²) in [5.41, 5.74) is 0. The summed E-state index contributed by atoms with van der Waals surface area (Å²) in [7, 11) is -2.46. The van der Waals surface area contributed by atoms with Gasteiger partial charge in [0.25, 0.3) is 0 Å². The summed E-state index contributed by atoms with van der Waals surface area (Å²) in [6.45, 7) is 14.2. The fraction of sp³-hybridized carbons (Fsp3) is 1.00. The molecule has 0 aromatic heterocycles. The second kappa shape index (κ2) is 9.05. The van der Waals surface area contributed by atoms with E-state index in [-0.39, 0.29) is 0 Å². The number of hydrogen-bond donors (Lipinski definition) is 2. The lowest BCUT2D eigenvalue weighted by atomic mass is 10.4. The van der Waals surface area contributed by atoms with Crippen molar-refractivity contribution in [3.8, 4) is 0 Å². The van der Waals surface area contributed by atoms with Crippen molar-refractivity contribution in [3.63, 3.8) is 0 Å². The minimum Gasteiger partial charge on any atom is -0.371 e. The van der Waals surface area contributed by atoms with Crippen LogP contribution in [-0.4, -0.2) is 34.2 Å². The second-order valence-corrected chi connectivity index (χ2v) is 7.30. The third-order valence-electron chi connectivity index (χ3n) is 1.98. The molecular formula is C12H30N2O2Si. The van der Waals surface area contributed by atoms with Crippen LogP contribution in [0, 0.1) is 0 Å². The number of rotatable bonds is 10. The van der Waals surface area contributed by atoms with Crippen molar-refractivity contribution in [3.05, 3.63) is 0 Å². The van der Waals surface area contributed by atoms with Crippen LogP contribution in [0.25, 0.3) is 0 Å². The molecule has 4 nitrogen and oxygen atoms in total. The van der Waals surface area contributed by atoms with Gasteiger partial charge in [0.2, 0.25) is 0 Å². The van der Waals surface area contributed by atoms with E-state index in [1.54, 1.807) is 0 Å². The fourth-order valence-corrected chi connectivity index (χ4v) is 4.50. The van der Waals surface area contributed by atoms with E-state index >= 15 is 0 Å². The summed E-state index contributed by atoms with van der Waals surface area (Å²) in [4.78, 5) is 6.96. The quantitative estimate of drug-likeness (QED) is 0.593. The monoisotopic (exact) mass is 262 g/mol. The van der Waals surface area contributed by atoms with E-state index in [2.05, 4.69) is 51.5 Å². The predicted octanol–water partition coefficient (Wildman–Crippen LogP) is 2.27. The van der Waals surface area contributed by atoms with Gasteiger partial charge < -0.3 is 8.85 Å². The molecule has 0 saturated carbocycles. The third kappa shape index (κ3) is 7.89. The molecular weight excluding hydrogens is 232 g/mol. The Morgan fingerprint density at radius 3 is 1.41 bits per heavy atom. The van der Waals surface area contributed by atoms with Crippen molar-refractivity contribution in [2.45, 2.75) is 66.5 Å². The van der Waals surface area contributed by atoms with E-state index in [1.165, 1.54) is 0 Å². The SMILES string of the molecule is CCCO[Si](NC(C)C)(NC(C)C)OCCC. The molecule has 0 fully saturated rings. The molecule has 0 heterocycles. The standard InChI is InChI=1S/C12H30N2O2Si/c1-7-9-15-17(13-11(3)4,14-12(5)6)16-10-8-2/h11-14H,7-10H2,1-6H3. The van der Waals surface area contributed by atoms with Crippen molar-refractivity contribution < 1.29 is 8.85 Å². The molecule has 0 unspecified atom stereocenters.